The van der Waals surface area contributed by atoms with Crippen LogP contribution in [0.5, 0.6) is 0 Å². The molecule has 1 aromatic carbocycles. The molecule has 1 aromatic heterocycles. The summed E-state index contributed by atoms with van der Waals surface area (Å²) in [6, 6.07) is 8.39. The predicted octanol–water partition coefficient (Wildman–Crippen LogP) is 3.90. The zero-order chi connectivity index (χ0) is 15.6. The molecule has 0 bridgehead atoms. The second kappa shape index (κ2) is 6.39. The van der Waals surface area contributed by atoms with Gasteiger partial charge in [0.2, 0.25) is 5.89 Å². The fraction of sp³-hybridized carbons (Fsp3) is 0.611. The Labute approximate surface area is 132 Å². The molecule has 1 saturated carbocycles. The lowest BCUT2D eigenvalue weighted by Crippen LogP contribution is -2.63. The Morgan fingerprint density at radius 1 is 1.27 bits per heavy atom. The molecular weight excluding hydrogens is 276 g/mol. The lowest BCUT2D eigenvalue weighted by atomic mass is 9.58. The van der Waals surface area contributed by atoms with Crippen LogP contribution in [0.4, 0.5) is 0 Å². The third-order valence-electron chi connectivity index (χ3n) is 5.31. The molecule has 120 valence electrons. The number of aromatic nitrogens is 1. The molecule has 0 radical (unpaired) electrons. The van der Waals surface area contributed by atoms with Crippen LogP contribution in [0.1, 0.15) is 45.9 Å². The maximum Gasteiger partial charge on any atom is 0.209 e. The SMILES string of the molecule is CCO[C@H]1C[C@H](NCc2nc3ccccc3o2)C1(CC)CC. The number of benzene rings is 1. The molecule has 1 aliphatic carbocycles. The van der Waals surface area contributed by atoms with E-state index in [-0.39, 0.29) is 5.41 Å². The Balaban J connectivity index is 1.65. The summed E-state index contributed by atoms with van der Waals surface area (Å²) in [4.78, 5) is 4.54. The summed E-state index contributed by atoms with van der Waals surface area (Å²) in [6.45, 7) is 8.09. The van der Waals surface area contributed by atoms with Gasteiger partial charge in [-0.3, -0.25) is 0 Å². The molecule has 1 fully saturated rings. The molecule has 1 heterocycles. The van der Waals surface area contributed by atoms with E-state index in [2.05, 4.69) is 31.1 Å². The van der Waals surface area contributed by atoms with E-state index in [0.717, 1.165) is 42.9 Å². The molecule has 0 spiro atoms. The number of hydrogen-bond acceptors (Lipinski definition) is 4. The molecule has 0 aliphatic heterocycles. The van der Waals surface area contributed by atoms with Gasteiger partial charge >= 0.3 is 0 Å². The summed E-state index contributed by atoms with van der Waals surface area (Å²) in [5.74, 6) is 0.766. The molecule has 22 heavy (non-hydrogen) atoms. The fourth-order valence-corrected chi connectivity index (χ4v) is 3.87. The number of fused-ring (bicyclic) bond motifs is 1. The van der Waals surface area contributed by atoms with Crippen LogP contribution >= 0.6 is 0 Å². The van der Waals surface area contributed by atoms with Crippen LogP contribution in [-0.4, -0.2) is 23.7 Å². The first kappa shape index (κ1) is 15.5. The molecule has 2 atom stereocenters. The van der Waals surface area contributed by atoms with Gasteiger partial charge in [-0.05, 0) is 38.3 Å². The number of rotatable bonds is 7. The van der Waals surface area contributed by atoms with Crippen molar-refractivity contribution in [2.24, 2.45) is 5.41 Å². The summed E-state index contributed by atoms with van der Waals surface area (Å²) in [6.07, 6.45) is 3.74. The van der Waals surface area contributed by atoms with Crippen molar-refractivity contribution >= 4 is 11.1 Å². The standard InChI is InChI=1S/C18H26N2O2/c1-4-18(5-2)15(11-16(18)21-6-3)19-12-17-20-13-9-7-8-10-14(13)22-17/h7-10,15-16,19H,4-6,11-12H2,1-3H3/t15-,16-/m0/s1. The molecule has 2 aromatic rings. The van der Waals surface area contributed by atoms with Gasteiger partial charge in [0.1, 0.15) is 5.52 Å². The first-order valence-electron chi connectivity index (χ1n) is 8.43. The topological polar surface area (TPSA) is 47.3 Å². The summed E-state index contributed by atoms with van der Waals surface area (Å²) >= 11 is 0. The number of para-hydroxylation sites is 2. The van der Waals surface area contributed by atoms with Crippen molar-refractivity contribution < 1.29 is 9.15 Å². The highest BCUT2D eigenvalue weighted by Gasteiger charge is 2.52. The molecule has 4 nitrogen and oxygen atoms in total. The van der Waals surface area contributed by atoms with Gasteiger partial charge in [-0.1, -0.05) is 26.0 Å². The van der Waals surface area contributed by atoms with Crippen molar-refractivity contribution in [3.63, 3.8) is 0 Å². The van der Waals surface area contributed by atoms with Gasteiger partial charge in [0.05, 0.1) is 12.6 Å². The van der Waals surface area contributed by atoms with Gasteiger partial charge in [0.15, 0.2) is 5.58 Å². The quantitative estimate of drug-likeness (QED) is 0.842. The van der Waals surface area contributed by atoms with Crippen LogP contribution in [-0.2, 0) is 11.3 Å². The number of oxazole rings is 1. The highest BCUT2D eigenvalue weighted by atomic mass is 16.5. The summed E-state index contributed by atoms with van der Waals surface area (Å²) < 4.78 is 11.7. The number of hydrogen-bond donors (Lipinski definition) is 1. The van der Waals surface area contributed by atoms with Crippen molar-refractivity contribution in [3.05, 3.63) is 30.2 Å². The third-order valence-corrected chi connectivity index (χ3v) is 5.31. The minimum Gasteiger partial charge on any atom is -0.439 e. The monoisotopic (exact) mass is 302 g/mol. The van der Waals surface area contributed by atoms with Crippen LogP contribution in [0.15, 0.2) is 28.7 Å². The first-order chi connectivity index (χ1) is 10.7. The van der Waals surface area contributed by atoms with Gasteiger partial charge in [0.25, 0.3) is 0 Å². The maximum absolute atomic E-state index is 5.93. The number of nitrogens with zero attached hydrogens (tertiary/aromatic N) is 1. The van der Waals surface area contributed by atoms with Crippen molar-refractivity contribution in [2.45, 2.75) is 58.7 Å². The molecule has 0 saturated heterocycles. The number of nitrogens with one attached hydrogen (secondary N) is 1. The van der Waals surface area contributed by atoms with E-state index in [0.29, 0.717) is 18.7 Å². The smallest absolute Gasteiger partial charge is 0.209 e. The first-order valence-corrected chi connectivity index (χ1v) is 8.43. The van der Waals surface area contributed by atoms with E-state index in [9.17, 15) is 0 Å². The van der Waals surface area contributed by atoms with Crippen LogP contribution in [0, 0.1) is 5.41 Å². The lowest BCUT2D eigenvalue weighted by Gasteiger charge is -2.55. The maximum atomic E-state index is 5.93. The van der Waals surface area contributed by atoms with E-state index in [1.165, 1.54) is 0 Å². The Morgan fingerprint density at radius 2 is 2.05 bits per heavy atom. The van der Waals surface area contributed by atoms with Crippen LogP contribution < -0.4 is 5.32 Å². The number of ether oxygens (including phenoxy) is 1. The van der Waals surface area contributed by atoms with Gasteiger partial charge in [-0.25, -0.2) is 4.98 Å². The van der Waals surface area contributed by atoms with Crippen LogP contribution in [0.25, 0.3) is 11.1 Å². The van der Waals surface area contributed by atoms with E-state index < -0.39 is 0 Å². The van der Waals surface area contributed by atoms with Gasteiger partial charge in [0, 0.05) is 18.1 Å². The Hall–Kier alpha value is -1.39. The largest absolute Gasteiger partial charge is 0.439 e. The zero-order valence-corrected chi connectivity index (χ0v) is 13.8. The molecule has 3 rings (SSSR count). The van der Waals surface area contributed by atoms with Gasteiger partial charge < -0.3 is 14.5 Å². The van der Waals surface area contributed by atoms with Crippen LogP contribution in [0.2, 0.25) is 0 Å². The molecule has 1 N–H and O–H groups in total. The highest BCUT2D eigenvalue weighted by Crippen LogP contribution is 2.48. The van der Waals surface area contributed by atoms with Crippen LogP contribution in [0.3, 0.4) is 0 Å². The molecular formula is C18H26N2O2. The van der Waals surface area contributed by atoms with Crippen molar-refractivity contribution in [1.82, 2.24) is 10.3 Å². The average Bonchev–Trinajstić information content (AvgIpc) is 2.94. The summed E-state index contributed by atoms with van der Waals surface area (Å²) in [5, 5.41) is 3.64. The van der Waals surface area contributed by atoms with Gasteiger partial charge in [-0.2, -0.15) is 0 Å². The third kappa shape index (κ3) is 2.55. The van der Waals surface area contributed by atoms with Crippen molar-refractivity contribution in [1.29, 1.82) is 0 Å². The van der Waals surface area contributed by atoms with E-state index in [1.54, 1.807) is 0 Å². The lowest BCUT2D eigenvalue weighted by molar-refractivity contribution is -0.138. The zero-order valence-electron chi connectivity index (χ0n) is 13.8. The van der Waals surface area contributed by atoms with E-state index >= 15 is 0 Å². The van der Waals surface area contributed by atoms with Crippen molar-refractivity contribution in [2.75, 3.05) is 6.61 Å². The second-order valence-electron chi connectivity index (χ2n) is 6.13. The molecule has 4 heteroatoms. The molecule has 1 aliphatic rings. The predicted molar refractivity (Wildman–Crippen MR) is 87.7 cm³/mol. The van der Waals surface area contributed by atoms with E-state index in [1.807, 2.05) is 24.3 Å². The summed E-state index contributed by atoms with van der Waals surface area (Å²) in [5.41, 5.74) is 2.04. The molecule has 0 amide bonds. The minimum absolute atomic E-state index is 0.252. The second-order valence-corrected chi connectivity index (χ2v) is 6.13. The molecule has 0 unspecified atom stereocenters. The van der Waals surface area contributed by atoms with E-state index in [4.69, 9.17) is 9.15 Å². The van der Waals surface area contributed by atoms with Crippen molar-refractivity contribution in [3.8, 4) is 0 Å². The Bertz CT molecular complexity index is 585. The Morgan fingerprint density at radius 3 is 2.73 bits per heavy atom. The minimum atomic E-state index is 0.252. The average molecular weight is 302 g/mol. The summed E-state index contributed by atoms with van der Waals surface area (Å²) in [7, 11) is 0. The normalized spacial score (nSPS) is 23.6. The van der Waals surface area contributed by atoms with Gasteiger partial charge in [-0.15, -0.1) is 0 Å². The fourth-order valence-electron chi connectivity index (χ4n) is 3.87. The highest BCUT2D eigenvalue weighted by molar-refractivity contribution is 5.72. The Kier molecular flexibility index (Phi) is 4.50.